The van der Waals surface area contributed by atoms with E-state index in [1.165, 1.54) is 11.8 Å². The van der Waals surface area contributed by atoms with E-state index in [0.717, 1.165) is 61.6 Å². The molecule has 0 radical (unpaired) electrons. The number of carbonyl (C=O) groups is 1. The number of ether oxygens (including phenoxy) is 2. The Morgan fingerprint density at radius 2 is 2.07 bits per heavy atom. The van der Waals surface area contributed by atoms with Gasteiger partial charge in [0, 0.05) is 31.6 Å². The molecule has 0 bridgehead atoms. The number of amides is 1. The fourth-order valence-corrected chi connectivity index (χ4v) is 4.72. The van der Waals surface area contributed by atoms with Crippen molar-refractivity contribution in [3.05, 3.63) is 40.9 Å². The molecule has 1 aromatic heterocycles. The van der Waals surface area contributed by atoms with E-state index in [0.29, 0.717) is 15.8 Å². The minimum absolute atomic E-state index is 0.0291. The van der Waals surface area contributed by atoms with Crippen molar-refractivity contribution in [3.63, 3.8) is 0 Å². The number of methoxy groups -OCH3 is 1. The number of thioether (sulfide) groups is 1. The lowest BCUT2D eigenvalue weighted by atomic mass is 10.2. The van der Waals surface area contributed by atoms with Gasteiger partial charge >= 0.3 is 0 Å². The number of thiocarbonyl (C=S) groups is 1. The van der Waals surface area contributed by atoms with Crippen LogP contribution >= 0.6 is 24.0 Å². The summed E-state index contributed by atoms with van der Waals surface area (Å²) >= 11 is 6.79. The van der Waals surface area contributed by atoms with Crippen LogP contribution in [0.3, 0.4) is 0 Å². The predicted molar refractivity (Wildman–Crippen MR) is 120 cm³/mol. The summed E-state index contributed by atoms with van der Waals surface area (Å²) in [5, 5.41) is 0.997. The van der Waals surface area contributed by atoms with Gasteiger partial charge in [-0.05, 0) is 36.8 Å². The molecule has 2 saturated heterocycles. The molecule has 0 unspecified atom stereocenters. The summed E-state index contributed by atoms with van der Waals surface area (Å²) in [6, 6.07) is 9.64. The number of rotatable bonds is 6. The molecular weight excluding hydrogens is 406 g/mol. The lowest BCUT2D eigenvalue weighted by Gasteiger charge is -2.27. The van der Waals surface area contributed by atoms with Gasteiger partial charge in [0.1, 0.15) is 10.1 Å². The van der Waals surface area contributed by atoms with Crippen LogP contribution in [0.15, 0.2) is 35.2 Å². The van der Waals surface area contributed by atoms with E-state index in [2.05, 4.69) is 9.88 Å². The minimum Gasteiger partial charge on any atom is -0.497 e. The Hall–Kier alpha value is -2.00. The number of pyridine rings is 1. The quantitative estimate of drug-likeness (QED) is 0.516. The zero-order valence-electron chi connectivity index (χ0n) is 16.3. The van der Waals surface area contributed by atoms with Crippen LogP contribution in [0.4, 0.5) is 0 Å². The van der Waals surface area contributed by atoms with Crippen molar-refractivity contribution in [3.8, 4) is 5.75 Å². The number of hydrogen-bond acceptors (Lipinski definition) is 7. The van der Waals surface area contributed by atoms with E-state index in [4.69, 9.17) is 21.7 Å². The highest BCUT2D eigenvalue weighted by molar-refractivity contribution is 8.26. The number of hydrogen-bond donors (Lipinski definition) is 0. The topological polar surface area (TPSA) is 54.9 Å². The number of aromatic nitrogens is 1. The monoisotopic (exact) mass is 429 g/mol. The molecule has 8 heteroatoms. The summed E-state index contributed by atoms with van der Waals surface area (Å²) in [5.41, 5.74) is 1.61. The van der Waals surface area contributed by atoms with Crippen LogP contribution < -0.4 is 4.74 Å². The molecule has 0 aliphatic carbocycles. The normalized spacial score (nSPS) is 19.5. The first-order valence-corrected chi connectivity index (χ1v) is 10.9. The minimum atomic E-state index is -0.0291. The molecule has 4 rings (SSSR count). The summed E-state index contributed by atoms with van der Waals surface area (Å²) in [4.78, 5) is 22.2. The summed E-state index contributed by atoms with van der Waals surface area (Å²) in [7, 11) is 1.64. The second-order valence-corrected chi connectivity index (χ2v) is 8.61. The average molecular weight is 430 g/mol. The number of carbonyl (C=O) groups excluding carboxylic acids is 1. The van der Waals surface area contributed by atoms with E-state index in [1.54, 1.807) is 12.0 Å². The van der Waals surface area contributed by atoms with Crippen molar-refractivity contribution in [2.24, 2.45) is 0 Å². The highest BCUT2D eigenvalue weighted by Crippen LogP contribution is 2.32. The first-order valence-electron chi connectivity index (χ1n) is 9.64. The van der Waals surface area contributed by atoms with E-state index >= 15 is 0 Å². The maximum absolute atomic E-state index is 12.8. The van der Waals surface area contributed by atoms with Gasteiger partial charge in [0.25, 0.3) is 5.91 Å². The summed E-state index contributed by atoms with van der Waals surface area (Å²) in [5.74, 6) is 0.767. The van der Waals surface area contributed by atoms with Gasteiger partial charge in [0.05, 0.1) is 36.4 Å². The van der Waals surface area contributed by atoms with Crippen molar-refractivity contribution >= 4 is 51.2 Å². The first kappa shape index (κ1) is 20.3. The van der Waals surface area contributed by atoms with Gasteiger partial charge in [-0.3, -0.25) is 14.6 Å². The third-order valence-corrected chi connectivity index (χ3v) is 6.41. The summed E-state index contributed by atoms with van der Waals surface area (Å²) in [6.45, 7) is 5.08. The van der Waals surface area contributed by atoms with Crippen LogP contribution in [0.25, 0.3) is 17.0 Å². The van der Waals surface area contributed by atoms with Crippen LogP contribution in [0.2, 0.25) is 0 Å². The molecule has 0 N–H and O–H groups in total. The van der Waals surface area contributed by atoms with Gasteiger partial charge in [-0.25, -0.2) is 4.98 Å². The number of morpholine rings is 1. The Bertz CT molecular complexity index is 957. The lowest BCUT2D eigenvalue weighted by molar-refractivity contribution is -0.122. The molecule has 0 atom stereocenters. The summed E-state index contributed by atoms with van der Waals surface area (Å²) < 4.78 is 11.2. The Kier molecular flexibility index (Phi) is 6.44. The zero-order chi connectivity index (χ0) is 20.2. The van der Waals surface area contributed by atoms with E-state index in [-0.39, 0.29) is 5.91 Å². The standard InChI is InChI=1S/C21H23N3O3S2/c1-26-17-5-6-18-15(13-17)3-4-16(22-18)14-19-20(25)24(21(28)29-19)8-2-7-23-9-11-27-12-10-23/h3-6,13-14H,2,7-12H2,1H3/b19-14-. The van der Waals surface area contributed by atoms with Gasteiger partial charge in [0.2, 0.25) is 0 Å². The van der Waals surface area contributed by atoms with Gasteiger partial charge in [-0.1, -0.05) is 30.0 Å². The van der Waals surface area contributed by atoms with Gasteiger partial charge in [-0.2, -0.15) is 0 Å². The summed E-state index contributed by atoms with van der Waals surface area (Å²) in [6.07, 6.45) is 2.72. The van der Waals surface area contributed by atoms with Crippen molar-refractivity contribution in [2.75, 3.05) is 46.5 Å². The zero-order valence-corrected chi connectivity index (χ0v) is 17.9. The number of fused-ring (bicyclic) bond motifs is 1. The average Bonchev–Trinajstić information content (AvgIpc) is 3.01. The SMILES string of the molecule is COc1ccc2nc(/C=C3\SC(=S)N(CCCN4CCOCC4)C3=O)ccc2c1. The van der Waals surface area contributed by atoms with Crippen LogP contribution in [0.5, 0.6) is 5.75 Å². The Morgan fingerprint density at radius 3 is 2.86 bits per heavy atom. The van der Waals surface area contributed by atoms with E-state index in [1.807, 2.05) is 36.4 Å². The third kappa shape index (κ3) is 4.78. The maximum atomic E-state index is 12.8. The molecule has 2 aliphatic rings. The third-order valence-electron chi connectivity index (χ3n) is 5.03. The van der Waals surface area contributed by atoms with Crippen molar-refractivity contribution in [1.82, 2.24) is 14.8 Å². The molecule has 2 aromatic rings. The largest absolute Gasteiger partial charge is 0.497 e. The highest BCUT2D eigenvalue weighted by Gasteiger charge is 2.31. The second kappa shape index (κ2) is 9.21. The van der Waals surface area contributed by atoms with E-state index in [9.17, 15) is 4.79 Å². The lowest BCUT2D eigenvalue weighted by Crippen LogP contribution is -2.38. The van der Waals surface area contributed by atoms with Gasteiger partial charge < -0.3 is 9.47 Å². The van der Waals surface area contributed by atoms with E-state index < -0.39 is 0 Å². The van der Waals surface area contributed by atoms with Crippen LogP contribution in [-0.2, 0) is 9.53 Å². The fraction of sp³-hybridized carbons (Fsp3) is 0.381. The van der Waals surface area contributed by atoms with Crippen LogP contribution in [0, 0.1) is 0 Å². The molecule has 29 heavy (non-hydrogen) atoms. The van der Waals surface area contributed by atoms with Gasteiger partial charge in [0.15, 0.2) is 0 Å². The molecular formula is C21H23N3O3S2. The van der Waals surface area contributed by atoms with Crippen LogP contribution in [-0.4, -0.2) is 71.5 Å². The van der Waals surface area contributed by atoms with Crippen molar-refractivity contribution in [2.45, 2.75) is 6.42 Å². The van der Waals surface area contributed by atoms with Crippen molar-refractivity contribution in [1.29, 1.82) is 0 Å². The smallest absolute Gasteiger partial charge is 0.266 e. The molecule has 6 nitrogen and oxygen atoms in total. The number of nitrogens with zero attached hydrogens (tertiary/aromatic N) is 3. The predicted octanol–water partition coefficient (Wildman–Crippen LogP) is 3.17. The molecule has 0 saturated carbocycles. The van der Waals surface area contributed by atoms with Crippen LogP contribution in [0.1, 0.15) is 12.1 Å². The second-order valence-electron chi connectivity index (χ2n) is 6.94. The Balaban J connectivity index is 1.42. The first-order chi connectivity index (χ1) is 14.1. The molecule has 2 aliphatic heterocycles. The maximum Gasteiger partial charge on any atom is 0.266 e. The van der Waals surface area contributed by atoms with Crippen molar-refractivity contribution < 1.29 is 14.3 Å². The molecule has 1 aromatic carbocycles. The molecule has 152 valence electrons. The fourth-order valence-electron chi connectivity index (χ4n) is 3.43. The number of benzene rings is 1. The Labute approximate surface area is 179 Å². The Morgan fingerprint density at radius 1 is 1.24 bits per heavy atom. The molecule has 1 amide bonds. The van der Waals surface area contributed by atoms with Gasteiger partial charge in [-0.15, -0.1) is 0 Å². The highest BCUT2D eigenvalue weighted by atomic mass is 32.2. The molecule has 2 fully saturated rings. The molecule has 0 spiro atoms. The molecule has 3 heterocycles.